The van der Waals surface area contributed by atoms with Crippen LogP contribution in [0.4, 0.5) is 0 Å². The third-order valence-corrected chi connectivity index (χ3v) is 2.02. The van der Waals surface area contributed by atoms with E-state index >= 15 is 0 Å². The number of hydrazine groups is 1. The van der Waals surface area contributed by atoms with Crippen molar-refractivity contribution in [3.8, 4) is 0 Å². The maximum atomic E-state index is 3.15. The third kappa shape index (κ3) is 4.39. The van der Waals surface area contributed by atoms with E-state index in [0.717, 1.165) is 6.54 Å². The number of nitrogens with zero attached hydrogens (tertiary/aromatic N) is 1. The van der Waals surface area contributed by atoms with Crippen LogP contribution >= 0.6 is 0 Å². The Bertz CT molecular complexity index is 139. The van der Waals surface area contributed by atoms with Crippen molar-refractivity contribution in [3.05, 3.63) is 11.8 Å². The second-order valence-electron chi connectivity index (χ2n) is 3.44. The molecule has 2 heteroatoms. The minimum atomic E-state index is 0.637. The van der Waals surface area contributed by atoms with Gasteiger partial charge < -0.3 is 5.01 Å². The molecule has 2 nitrogen and oxygen atoms in total. The summed E-state index contributed by atoms with van der Waals surface area (Å²) in [5.41, 5.74) is 4.56. The van der Waals surface area contributed by atoms with E-state index in [9.17, 15) is 0 Å². The lowest BCUT2D eigenvalue weighted by Crippen LogP contribution is -2.31. The van der Waals surface area contributed by atoms with Gasteiger partial charge in [0.15, 0.2) is 0 Å². The Hall–Kier alpha value is -0.500. The fourth-order valence-electron chi connectivity index (χ4n) is 0.877. The van der Waals surface area contributed by atoms with Crippen LogP contribution in [-0.4, -0.2) is 18.6 Å². The Morgan fingerprint density at radius 3 is 2.42 bits per heavy atom. The van der Waals surface area contributed by atoms with E-state index in [0.29, 0.717) is 5.92 Å². The summed E-state index contributed by atoms with van der Waals surface area (Å²) >= 11 is 0. The van der Waals surface area contributed by atoms with Crippen LogP contribution in [0.3, 0.4) is 0 Å². The Morgan fingerprint density at radius 2 is 2.08 bits per heavy atom. The molecule has 0 heterocycles. The van der Waals surface area contributed by atoms with Crippen molar-refractivity contribution >= 4 is 0 Å². The molecular weight excluding hydrogens is 148 g/mol. The van der Waals surface area contributed by atoms with Gasteiger partial charge in [-0.2, -0.15) is 0 Å². The standard InChI is InChI=1S/C10H22N2/c1-6-7-12(11-5)8-10(4)9(2)3/h8-9,11H,6-7H2,1-5H3/b10-8+. The summed E-state index contributed by atoms with van der Waals surface area (Å²) in [7, 11) is 1.96. The molecule has 72 valence electrons. The van der Waals surface area contributed by atoms with Crippen LogP contribution in [0.1, 0.15) is 34.1 Å². The van der Waals surface area contributed by atoms with Gasteiger partial charge in [0.25, 0.3) is 0 Å². The molecule has 0 aromatic rings. The zero-order chi connectivity index (χ0) is 9.56. The largest absolute Gasteiger partial charge is 0.316 e. The average molecular weight is 170 g/mol. The number of rotatable bonds is 5. The summed E-state index contributed by atoms with van der Waals surface area (Å²) in [4.78, 5) is 0. The maximum absolute atomic E-state index is 3.15. The van der Waals surface area contributed by atoms with Crippen molar-refractivity contribution in [3.63, 3.8) is 0 Å². The first-order valence-corrected chi connectivity index (χ1v) is 4.74. The Labute approximate surface area is 76.6 Å². The first-order valence-electron chi connectivity index (χ1n) is 4.74. The molecule has 0 aliphatic rings. The quantitative estimate of drug-likeness (QED) is 0.637. The summed E-state index contributed by atoms with van der Waals surface area (Å²) in [5.74, 6) is 0.637. The molecule has 0 aliphatic carbocycles. The number of nitrogens with one attached hydrogen (secondary N) is 1. The molecule has 0 bridgehead atoms. The lowest BCUT2D eigenvalue weighted by Gasteiger charge is -2.20. The van der Waals surface area contributed by atoms with Crippen molar-refractivity contribution < 1.29 is 0 Å². The zero-order valence-corrected chi connectivity index (χ0v) is 9.02. The van der Waals surface area contributed by atoms with E-state index in [-0.39, 0.29) is 0 Å². The normalized spacial score (nSPS) is 12.3. The lowest BCUT2D eigenvalue weighted by molar-refractivity contribution is 0.295. The van der Waals surface area contributed by atoms with E-state index in [1.807, 2.05) is 7.05 Å². The van der Waals surface area contributed by atoms with Gasteiger partial charge in [0, 0.05) is 19.8 Å². The second-order valence-corrected chi connectivity index (χ2v) is 3.44. The number of hydrogen-bond donors (Lipinski definition) is 1. The number of hydrogen-bond acceptors (Lipinski definition) is 2. The van der Waals surface area contributed by atoms with Crippen molar-refractivity contribution in [2.45, 2.75) is 34.1 Å². The second kappa shape index (κ2) is 6.06. The minimum Gasteiger partial charge on any atom is -0.316 e. The molecule has 0 atom stereocenters. The molecule has 0 aromatic heterocycles. The molecule has 0 radical (unpaired) electrons. The Kier molecular flexibility index (Phi) is 5.81. The molecule has 0 amide bonds. The topological polar surface area (TPSA) is 15.3 Å². The van der Waals surface area contributed by atoms with Gasteiger partial charge in [-0.25, -0.2) is 5.43 Å². The van der Waals surface area contributed by atoms with Crippen LogP contribution in [0.15, 0.2) is 11.8 Å². The molecule has 0 rings (SSSR count). The van der Waals surface area contributed by atoms with E-state index in [1.54, 1.807) is 0 Å². The highest BCUT2D eigenvalue weighted by Crippen LogP contribution is 2.08. The highest BCUT2D eigenvalue weighted by Gasteiger charge is 1.99. The SMILES string of the molecule is CCCN(/C=C(\C)C(C)C)NC. The minimum absolute atomic E-state index is 0.637. The molecule has 0 aromatic carbocycles. The fourth-order valence-corrected chi connectivity index (χ4v) is 0.877. The molecule has 0 saturated heterocycles. The van der Waals surface area contributed by atoms with E-state index in [2.05, 4.69) is 44.3 Å². The molecule has 0 unspecified atom stereocenters. The average Bonchev–Trinajstić information content (AvgIpc) is 2.03. The summed E-state index contributed by atoms with van der Waals surface area (Å²) < 4.78 is 0. The van der Waals surface area contributed by atoms with Gasteiger partial charge in [0.05, 0.1) is 0 Å². The smallest absolute Gasteiger partial charge is 0.0334 e. The van der Waals surface area contributed by atoms with E-state index in [1.165, 1.54) is 12.0 Å². The van der Waals surface area contributed by atoms with Crippen LogP contribution in [0.2, 0.25) is 0 Å². The van der Waals surface area contributed by atoms with Crippen LogP contribution in [-0.2, 0) is 0 Å². The highest BCUT2D eigenvalue weighted by atomic mass is 15.5. The van der Waals surface area contributed by atoms with Gasteiger partial charge in [0.2, 0.25) is 0 Å². The predicted molar refractivity (Wildman–Crippen MR) is 54.7 cm³/mol. The summed E-state index contributed by atoms with van der Waals surface area (Å²) in [6.45, 7) is 9.85. The molecule has 0 saturated carbocycles. The molecule has 0 fully saturated rings. The Balaban J connectivity index is 4.05. The third-order valence-electron chi connectivity index (χ3n) is 2.02. The van der Waals surface area contributed by atoms with Gasteiger partial charge in [-0.05, 0) is 19.3 Å². The zero-order valence-electron chi connectivity index (χ0n) is 9.02. The summed E-state index contributed by atoms with van der Waals surface area (Å²) in [6, 6.07) is 0. The van der Waals surface area contributed by atoms with Crippen LogP contribution < -0.4 is 5.43 Å². The molecule has 12 heavy (non-hydrogen) atoms. The summed E-state index contributed by atoms with van der Waals surface area (Å²) in [6.07, 6.45) is 3.36. The van der Waals surface area contributed by atoms with Gasteiger partial charge >= 0.3 is 0 Å². The van der Waals surface area contributed by atoms with Crippen LogP contribution in [0, 0.1) is 5.92 Å². The molecule has 1 N–H and O–H groups in total. The van der Waals surface area contributed by atoms with Crippen molar-refractivity contribution in [2.75, 3.05) is 13.6 Å². The summed E-state index contributed by atoms with van der Waals surface area (Å²) in [5, 5.41) is 2.13. The van der Waals surface area contributed by atoms with Crippen molar-refractivity contribution in [2.24, 2.45) is 5.92 Å². The van der Waals surface area contributed by atoms with Crippen LogP contribution in [0.5, 0.6) is 0 Å². The van der Waals surface area contributed by atoms with E-state index < -0.39 is 0 Å². The molecule has 0 spiro atoms. The lowest BCUT2D eigenvalue weighted by atomic mass is 10.1. The fraction of sp³-hybridized carbons (Fsp3) is 0.800. The first kappa shape index (κ1) is 11.5. The van der Waals surface area contributed by atoms with E-state index in [4.69, 9.17) is 0 Å². The maximum Gasteiger partial charge on any atom is 0.0334 e. The van der Waals surface area contributed by atoms with Crippen molar-refractivity contribution in [1.82, 2.24) is 10.4 Å². The van der Waals surface area contributed by atoms with Gasteiger partial charge in [-0.3, -0.25) is 0 Å². The highest BCUT2D eigenvalue weighted by molar-refractivity contribution is 4.99. The molecular formula is C10H22N2. The monoisotopic (exact) mass is 170 g/mol. The van der Waals surface area contributed by atoms with Crippen LogP contribution in [0.25, 0.3) is 0 Å². The predicted octanol–water partition coefficient (Wildman–Crippen LogP) is 2.39. The molecule has 0 aliphatic heterocycles. The number of allylic oxidation sites excluding steroid dienone is 1. The van der Waals surface area contributed by atoms with Gasteiger partial charge in [-0.1, -0.05) is 26.3 Å². The van der Waals surface area contributed by atoms with Crippen molar-refractivity contribution in [1.29, 1.82) is 0 Å². The van der Waals surface area contributed by atoms with Gasteiger partial charge in [-0.15, -0.1) is 0 Å². The Morgan fingerprint density at radius 1 is 1.50 bits per heavy atom. The first-order chi connectivity index (χ1) is 5.61. The van der Waals surface area contributed by atoms with Gasteiger partial charge in [0.1, 0.15) is 0 Å².